The Hall–Kier alpha value is -8.09. The SMILES string of the molecule is Cc1ncsc1-c1ccc([C@H](C)NC(=O)[C@@H]2C[C@@H](O)CN2C(=O)[C@@H](NC(=O)c2cccc(N3CCCC(C(=O)N4CCN(c5ncc(-c6cc(NC(=O)c7ccc(F)cc7C(F)(F)F)c(N7C[C@@H](C)N(C)[C@@H](C)C7)cc6F)cn5)CC4)C3)c2)C(C)(C)C)cc1. The van der Waals surface area contributed by atoms with Crippen LogP contribution in [0.4, 0.5) is 45.0 Å². The number of aromatic nitrogens is 3. The number of nitrogens with one attached hydrogen (secondary N) is 3. The Balaban J connectivity index is 0.757. The summed E-state index contributed by atoms with van der Waals surface area (Å²) in [6, 6.07) is 16.9. The van der Waals surface area contributed by atoms with Gasteiger partial charge in [-0.05, 0) is 113 Å². The van der Waals surface area contributed by atoms with Gasteiger partial charge >= 0.3 is 6.18 Å². The maximum Gasteiger partial charge on any atom is 0.417 e. The lowest BCUT2D eigenvalue weighted by Gasteiger charge is -2.44. The van der Waals surface area contributed by atoms with Crippen molar-refractivity contribution in [1.82, 2.24) is 40.3 Å². The number of aryl methyl sites for hydroxylation is 1. The number of halogens is 5. The lowest BCUT2D eigenvalue weighted by atomic mass is 9.85. The van der Waals surface area contributed by atoms with E-state index in [0.717, 1.165) is 45.9 Å². The number of likely N-dealkylation sites (N-methyl/N-ethyl adjacent to an activating group) is 1. The van der Waals surface area contributed by atoms with E-state index in [1.807, 2.05) is 101 Å². The molecular weight excluding hydrogens is 1170 g/mol. The van der Waals surface area contributed by atoms with E-state index < -0.39 is 82.2 Å². The highest BCUT2D eigenvalue weighted by molar-refractivity contribution is 7.13. The van der Waals surface area contributed by atoms with Crippen molar-refractivity contribution in [3.05, 3.63) is 136 Å². The van der Waals surface area contributed by atoms with E-state index in [4.69, 9.17) is 0 Å². The number of hydrogen-bond donors (Lipinski definition) is 4. The Kier molecular flexibility index (Phi) is 18.8. The molecule has 4 N–H and O–H groups in total. The summed E-state index contributed by atoms with van der Waals surface area (Å²) in [5.74, 6) is -4.39. The summed E-state index contributed by atoms with van der Waals surface area (Å²) in [7, 11) is 1.96. The van der Waals surface area contributed by atoms with Crippen LogP contribution in [0.3, 0.4) is 0 Å². The van der Waals surface area contributed by atoms with E-state index in [2.05, 4.69) is 40.7 Å². The van der Waals surface area contributed by atoms with Crippen LogP contribution in [0.1, 0.15) is 104 Å². The molecule has 0 saturated carbocycles. The first-order valence-corrected chi connectivity index (χ1v) is 30.9. The van der Waals surface area contributed by atoms with E-state index >= 15 is 4.39 Å². The van der Waals surface area contributed by atoms with Crippen molar-refractivity contribution in [3.63, 3.8) is 0 Å². The van der Waals surface area contributed by atoms with Crippen LogP contribution in [0.5, 0.6) is 0 Å². The minimum absolute atomic E-state index is 0.00704. The number of benzene rings is 4. The monoisotopic (exact) mass is 1250 g/mol. The summed E-state index contributed by atoms with van der Waals surface area (Å²) < 4.78 is 72.6. The van der Waals surface area contributed by atoms with Crippen LogP contribution < -0.4 is 30.7 Å². The Morgan fingerprint density at radius 1 is 0.764 bits per heavy atom. The van der Waals surface area contributed by atoms with Crippen molar-refractivity contribution in [3.8, 4) is 21.6 Å². The van der Waals surface area contributed by atoms with Gasteiger partial charge in [-0.1, -0.05) is 51.1 Å². The topological polar surface area (TPSA) is 200 Å². The van der Waals surface area contributed by atoms with E-state index in [1.165, 1.54) is 29.4 Å². The van der Waals surface area contributed by atoms with Gasteiger partial charge in [0, 0.05) is 112 Å². The number of piperidine rings is 1. The molecule has 4 aliphatic heterocycles. The highest BCUT2D eigenvalue weighted by Gasteiger charge is 2.45. The van der Waals surface area contributed by atoms with Crippen molar-refractivity contribution >= 4 is 63.9 Å². The molecule has 4 saturated heterocycles. The van der Waals surface area contributed by atoms with Gasteiger partial charge in [0.1, 0.15) is 23.7 Å². The number of carbonyl (C=O) groups excluding carboxylic acids is 5. The molecule has 0 radical (unpaired) electrons. The number of alkyl halides is 3. The zero-order valence-corrected chi connectivity index (χ0v) is 51.9. The number of likely N-dealkylation sites (tertiary alicyclic amines) is 1. The van der Waals surface area contributed by atoms with Crippen LogP contribution in [-0.4, -0.2) is 161 Å². The van der Waals surface area contributed by atoms with Crippen LogP contribution in [0, 0.1) is 29.9 Å². The first-order valence-electron chi connectivity index (χ1n) is 30.0. The van der Waals surface area contributed by atoms with Crippen LogP contribution >= 0.6 is 11.3 Å². The minimum atomic E-state index is -5.03. The van der Waals surface area contributed by atoms with E-state index in [9.17, 15) is 46.6 Å². The fraction of sp³-hybridized carbons (Fsp3) is 0.446. The molecule has 1 unspecified atom stereocenters. The molecule has 2 aromatic heterocycles. The molecule has 0 bridgehead atoms. The lowest BCUT2D eigenvalue weighted by Crippen LogP contribution is -2.57. The molecule has 7 atom stereocenters. The highest BCUT2D eigenvalue weighted by atomic mass is 32.1. The van der Waals surface area contributed by atoms with Crippen LogP contribution in [0.25, 0.3) is 21.6 Å². The smallest absolute Gasteiger partial charge is 0.391 e. The molecule has 0 spiro atoms. The number of rotatable bonds is 14. The summed E-state index contributed by atoms with van der Waals surface area (Å²) in [6.07, 6.45) is -1.69. The number of hydrogen-bond acceptors (Lipinski definition) is 14. The fourth-order valence-corrected chi connectivity index (χ4v) is 13.2. The van der Waals surface area contributed by atoms with E-state index in [1.54, 1.807) is 35.0 Å². The molecule has 4 aromatic carbocycles. The number of piperazine rings is 2. The third kappa shape index (κ3) is 14.2. The molecule has 472 valence electrons. The molecule has 6 aromatic rings. The molecule has 89 heavy (non-hydrogen) atoms. The maximum atomic E-state index is 16.4. The van der Waals surface area contributed by atoms with Crippen LogP contribution in [0.2, 0.25) is 0 Å². The Morgan fingerprint density at radius 2 is 1.46 bits per heavy atom. The average Bonchev–Trinajstić information content (AvgIpc) is 4.21. The first-order chi connectivity index (χ1) is 42.2. The lowest BCUT2D eigenvalue weighted by molar-refractivity contribution is -0.142. The number of aliphatic hydroxyl groups excluding tert-OH is 1. The predicted molar refractivity (Wildman–Crippen MR) is 332 cm³/mol. The number of thiazole rings is 1. The third-order valence-electron chi connectivity index (χ3n) is 17.7. The molecule has 0 aliphatic carbocycles. The molecule has 6 heterocycles. The summed E-state index contributed by atoms with van der Waals surface area (Å²) in [5, 5.41) is 19.4. The molecule has 18 nitrogen and oxygen atoms in total. The summed E-state index contributed by atoms with van der Waals surface area (Å²) in [5.41, 5.74) is 3.15. The number of nitrogens with zero attached hydrogens (tertiary/aromatic N) is 9. The first kappa shape index (κ1) is 63.9. The van der Waals surface area contributed by atoms with Crippen molar-refractivity contribution < 1.29 is 51.0 Å². The van der Waals surface area contributed by atoms with Gasteiger partial charge < -0.3 is 45.6 Å². The van der Waals surface area contributed by atoms with Crippen LogP contribution in [0.15, 0.2) is 96.8 Å². The zero-order chi connectivity index (χ0) is 63.8. The van der Waals surface area contributed by atoms with Gasteiger partial charge in [0.15, 0.2) is 0 Å². The number of anilines is 4. The number of aliphatic hydroxyl groups is 1. The summed E-state index contributed by atoms with van der Waals surface area (Å²) >= 11 is 1.55. The molecular formula is C65H75F5N12O6S. The second-order valence-electron chi connectivity index (χ2n) is 25.0. The van der Waals surface area contributed by atoms with Gasteiger partial charge in [-0.15, -0.1) is 11.3 Å². The predicted octanol–water partition coefficient (Wildman–Crippen LogP) is 9.20. The second-order valence-corrected chi connectivity index (χ2v) is 25.8. The Labute approximate surface area is 518 Å². The summed E-state index contributed by atoms with van der Waals surface area (Å²) in [6.45, 7) is 16.7. The van der Waals surface area contributed by atoms with Gasteiger partial charge in [0.05, 0.1) is 56.6 Å². The standard InChI is InChI=1S/C65H75F5N12O6S/c1-37-32-81(33-38(2)77(37)8)54-29-52(67)50(28-53(54)75-59(85)49-19-18-46(66)26-51(49)65(68,69)70)45-30-71-63(72-31-45)79-23-21-78(22-24-79)61(87)44-12-10-20-80(34-44)47-13-9-11-43(25-47)58(84)76-57(64(5,6)7)62(88)82-35-48(83)27-55(82)60(86)74-39(3)41-14-16-42(17-15-41)56-40(4)73-36-89-56/h9,11,13-19,25-26,28-31,36-39,44,48,55,57,83H,10,12,20-24,27,32-35H2,1-8H3,(H,74,86)(H,75,85)(H,76,84)/t37-,38+,39-,44?,48+,55-,57+/m0/s1. The summed E-state index contributed by atoms with van der Waals surface area (Å²) in [4.78, 5) is 96.3. The Bertz CT molecular complexity index is 3580. The van der Waals surface area contributed by atoms with Crippen LogP contribution in [-0.2, 0) is 20.6 Å². The molecule has 5 amide bonds. The van der Waals surface area contributed by atoms with Gasteiger partial charge in [0.25, 0.3) is 11.8 Å². The molecule has 24 heteroatoms. The number of β-amino-alcohol motifs (C(OH)–C–C–N with tert-alkyl or cyclic N) is 1. The van der Waals surface area contributed by atoms with Gasteiger partial charge in [0.2, 0.25) is 23.7 Å². The number of amides is 5. The molecule has 10 rings (SSSR count). The van der Waals surface area contributed by atoms with Crippen molar-refractivity contribution in [1.29, 1.82) is 0 Å². The molecule has 4 aliphatic rings. The maximum absolute atomic E-state index is 16.4. The second kappa shape index (κ2) is 26.2. The largest absolute Gasteiger partial charge is 0.417 e. The van der Waals surface area contributed by atoms with E-state index in [-0.39, 0.29) is 65.4 Å². The fourth-order valence-electron chi connectivity index (χ4n) is 12.4. The van der Waals surface area contributed by atoms with Gasteiger partial charge in [-0.2, -0.15) is 13.2 Å². The third-order valence-corrected chi connectivity index (χ3v) is 18.6. The average molecular weight is 1250 g/mol. The zero-order valence-electron chi connectivity index (χ0n) is 51.1. The minimum Gasteiger partial charge on any atom is -0.391 e. The quantitative estimate of drug-likeness (QED) is 0.0754. The van der Waals surface area contributed by atoms with E-state index in [0.29, 0.717) is 70.3 Å². The van der Waals surface area contributed by atoms with Gasteiger partial charge in [-0.25, -0.2) is 23.7 Å². The number of carbonyl (C=O) groups is 5. The Morgan fingerprint density at radius 3 is 2.11 bits per heavy atom. The van der Waals surface area contributed by atoms with Crippen molar-refractivity contribution in [2.45, 2.75) is 110 Å². The normalized spacial score (nSPS) is 20.9. The van der Waals surface area contributed by atoms with Crippen molar-refractivity contribution in [2.75, 3.05) is 86.0 Å². The van der Waals surface area contributed by atoms with Gasteiger partial charge in [-0.3, -0.25) is 28.9 Å². The van der Waals surface area contributed by atoms with Crippen molar-refractivity contribution in [2.24, 2.45) is 11.3 Å². The molecule has 4 fully saturated rings. The highest BCUT2D eigenvalue weighted by Crippen LogP contribution is 2.39.